The molecular formula is C21H27N5O. The van der Waals surface area contributed by atoms with Crippen molar-refractivity contribution in [1.29, 1.82) is 0 Å². The summed E-state index contributed by atoms with van der Waals surface area (Å²) in [4.78, 5) is 11.9. The molecule has 0 amide bonds. The van der Waals surface area contributed by atoms with Gasteiger partial charge in [-0.2, -0.15) is 0 Å². The number of guanidine groups is 1. The molecule has 0 atom stereocenters. The molecule has 0 saturated heterocycles. The van der Waals surface area contributed by atoms with Gasteiger partial charge < -0.3 is 20.4 Å². The zero-order valence-electron chi connectivity index (χ0n) is 16.0. The van der Waals surface area contributed by atoms with E-state index in [2.05, 4.69) is 56.9 Å². The van der Waals surface area contributed by atoms with Gasteiger partial charge in [-0.05, 0) is 30.5 Å². The molecule has 3 rings (SSSR count). The average Bonchev–Trinajstić information content (AvgIpc) is 3.13. The van der Waals surface area contributed by atoms with Crippen LogP contribution in [0.2, 0.25) is 0 Å². The minimum absolute atomic E-state index is 0.611. The predicted molar refractivity (Wildman–Crippen MR) is 110 cm³/mol. The van der Waals surface area contributed by atoms with Crippen molar-refractivity contribution < 1.29 is 4.74 Å². The molecule has 3 aromatic rings. The van der Waals surface area contributed by atoms with E-state index in [1.54, 1.807) is 13.2 Å². The van der Waals surface area contributed by atoms with Crippen LogP contribution >= 0.6 is 0 Å². The number of fused-ring (bicyclic) bond motifs is 1. The minimum Gasteiger partial charge on any atom is -0.477 e. The maximum Gasteiger partial charge on any atom is 0.218 e. The van der Waals surface area contributed by atoms with Crippen molar-refractivity contribution in [2.45, 2.75) is 26.3 Å². The third-order valence-corrected chi connectivity index (χ3v) is 4.32. The zero-order valence-corrected chi connectivity index (χ0v) is 16.0. The Morgan fingerprint density at radius 1 is 1.15 bits per heavy atom. The van der Waals surface area contributed by atoms with Gasteiger partial charge in [0.05, 0.1) is 6.61 Å². The van der Waals surface area contributed by atoms with Crippen molar-refractivity contribution in [3.05, 3.63) is 59.9 Å². The Morgan fingerprint density at radius 2 is 2.04 bits per heavy atom. The van der Waals surface area contributed by atoms with Gasteiger partial charge in [0.2, 0.25) is 5.88 Å². The first-order chi connectivity index (χ1) is 13.3. The van der Waals surface area contributed by atoms with Crippen molar-refractivity contribution in [2.75, 3.05) is 20.2 Å². The lowest BCUT2D eigenvalue weighted by Gasteiger charge is -2.14. The fourth-order valence-electron chi connectivity index (χ4n) is 2.94. The number of benzene rings is 1. The Bertz CT molecular complexity index is 887. The molecular weight excluding hydrogens is 338 g/mol. The molecule has 3 N–H and O–H groups in total. The smallest absolute Gasteiger partial charge is 0.218 e. The van der Waals surface area contributed by atoms with Crippen molar-refractivity contribution in [1.82, 2.24) is 20.6 Å². The molecule has 6 nitrogen and oxygen atoms in total. The third kappa shape index (κ3) is 5.00. The van der Waals surface area contributed by atoms with Gasteiger partial charge in [-0.3, -0.25) is 4.99 Å². The van der Waals surface area contributed by atoms with E-state index in [0.717, 1.165) is 30.9 Å². The molecule has 0 radical (unpaired) electrons. The molecule has 0 aliphatic heterocycles. The molecule has 27 heavy (non-hydrogen) atoms. The lowest BCUT2D eigenvalue weighted by molar-refractivity contribution is 0.301. The molecule has 0 spiro atoms. The van der Waals surface area contributed by atoms with Crippen LogP contribution in [0.25, 0.3) is 10.9 Å². The quantitative estimate of drug-likeness (QED) is 0.423. The van der Waals surface area contributed by atoms with E-state index in [9.17, 15) is 0 Å². The van der Waals surface area contributed by atoms with Crippen molar-refractivity contribution in [3.63, 3.8) is 0 Å². The van der Waals surface area contributed by atoms with Gasteiger partial charge in [-0.15, -0.1) is 0 Å². The topological polar surface area (TPSA) is 74.3 Å². The van der Waals surface area contributed by atoms with Crippen LogP contribution in [-0.2, 0) is 13.0 Å². The number of hydrogen-bond donors (Lipinski definition) is 3. The summed E-state index contributed by atoms with van der Waals surface area (Å²) in [6.07, 6.45) is 5.71. The van der Waals surface area contributed by atoms with Crippen molar-refractivity contribution in [3.8, 4) is 5.88 Å². The Balaban J connectivity index is 1.51. The zero-order chi connectivity index (χ0) is 18.9. The molecule has 2 aromatic heterocycles. The van der Waals surface area contributed by atoms with E-state index in [1.807, 2.05) is 18.2 Å². The maximum absolute atomic E-state index is 5.71. The number of aliphatic imine (C=N–C) groups is 1. The standard InChI is InChI=1S/C21H27N5O/c1-3-13-27-20-17(7-6-11-23-20)15-26-21(22-2)24-12-10-16-14-25-19-9-5-4-8-18(16)19/h4-9,11,14,25H,3,10,12-13,15H2,1-2H3,(H2,22,24,26). The van der Waals surface area contributed by atoms with E-state index in [0.29, 0.717) is 19.0 Å². The Hall–Kier alpha value is -3.02. The summed E-state index contributed by atoms with van der Waals surface area (Å²) in [6, 6.07) is 12.3. The fraction of sp³-hybridized carbons (Fsp3) is 0.333. The molecule has 0 saturated carbocycles. The van der Waals surface area contributed by atoms with Gasteiger partial charge in [-0.25, -0.2) is 4.98 Å². The van der Waals surface area contributed by atoms with E-state index in [4.69, 9.17) is 4.74 Å². The first-order valence-corrected chi connectivity index (χ1v) is 9.38. The normalized spacial score (nSPS) is 11.6. The highest BCUT2D eigenvalue weighted by Gasteiger charge is 2.07. The summed E-state index contributed by atoms with van der Waals surface area (Å²) in [5.41, 5.74) is 3.49. The van der Waals surface area contributed by atoms with E-state index < -0.39 is 0 Å². The first-order valence-electron chi connectivity index (χ1n) is 9.38. The number of nitrogens with zero attached hydrogens (tertiary/aromatic N) is 2. The lowest BCUT2D eigenvalue weighted by atomic mass is 10.1. The van der Waals surface area contributed by atoms with Crippen LogP contribution in [0, 0.1) is 0 Å². The highest BCUT2D eigenvalue weighted by Crippen LogP contribution is 2.17. The Labute approximate surface area is 160 Å². The minimum atomic E-state index is 0.611. The van der Waals surface area contributed by atoms with E-state index >= 15 is 0 Å². The third-order valence-electron chi connectivity index (χ3n) is 4.32. The first kappa shape index (κ1) is 18.8. The summed E-state index contributed by atoms with van der Waals surface area (Å²) in [5, 5.41) is 7.97. The van der Waals surface area contributed by atoms with Gasteiger partial charge in [0, 0.05) is 49.0 Å². The summed E-state index contributed by atoms with van der Waals surface area (Å²) < 4.78 is 5.71. The molecule has 142 valence electrons. The molecule has 1 aromatic carbocycles. The largest absolute Gasteiger partial charge is 0.477 e. The molecule has 0 aliphatic carbocycles. The number of para-hydroxylation sites is 1. The van der Waals surface area contributed by atoms with Gasteiger partial charge in [0.1, 0.15) is 0 Å². The maximum atomic E-state index is 5.71. The summed E-state index contributed by atoms with van der Waals surface area (Å²) in [5.74, 6) is 1.45. The molecule has 0 aliphatic rings. The van der Waals surface area contributed by atoms with Gasteiger partial charge in [0.15, 0.2) is 5.96 Å². The molecule has 2 heterocycles. The molecule has 0 fully saturated rings. The number of H-pyrrole nitrogens is 1. The number of pyridine rings is 1. The van der Waals surface area contributed by atoms with Crippen molar-refractivity contribution in [2.24, 2.45) is 4.99 Å². The SMILES string of the molecule is CCCOc1ncccc1CNC(=NC)NCCc1c[nH]c2ccccc12. The number of hydrogen-bond acceptors (Lipinski definition) is 3. The van der Waals surface area contributed by atoms with Gasteiger partial charge in [-0.1, -0.05) is 31.2 Å². The van der Waals surface area contributed by atoms with Crippen LogP contribution < -0.4 is 15.4 Å². The van der Waals surface area contributed by atoms with Crippen LogP contribution in [0.1, 0.15) is 24.5 Å². The molecule has 6 heteroatoms. The Morgan fingerprint density at radius 3 is 2.89 bits per heavy atom. The summed E-state index contributed by atoms with van der Waals surface area (Å²) >= 11 is 0. The molecule has 0 bridgehead atoms. The van der Waals surface area contributed by atoms with E-state index in [-0.39, 0.29) is 0 Å². The highest BCUT2D eigenvalue weighted by molar-refractivity contribution is 5.83. The number of aromatic nitrogens is 2. The number of rotatable bonds is 8. The second kappa shape index (κ2) is 9.62. The molecule has 0 unspecified atom stereocenters. The van der Waals surface area contributed by atoms with Crippen molar-refractivity contribution >= 4 is 16.9 Å². The van der Waals surface area contributed by atoms with Gasteiger partial charge in [0.25, 0.3) is 0 Å². The van der Waals surface area contributed by atoms with Crippen LogP contribution in [-0.4, -0.2) is 36.1 Å². The van der Waals surface area contributed by atoms with Crippen LogP contribution in [0.15, 0.2) is 53.8 Å². The number of aromatic amines is 1. The summed E-state index contributed by atoms with van der Waals surface area (Å²) in [7, 11) is 1.78. The average molecular weight is 365 g/mol. The lowest BCUT2D eigenvalue weighted by Crippen LogP contribution is -2.38. The highest BCUT2D eigenvalue weighted by atomic mass is 16.5. The second-order valence-electron chi connectivity index (χ2n) is 6.28. The monoisotopic (exact) mass is 365 g/mol. The van der Waals surface area contributed by atoms with Crippen LogP contribution in [0.3, 0.4) is 0 Å². The summed E-state index contributed by atoms with van der Waals surface area (Å²) in [6.45, 7) is 4.16. The Kier molecular flexibility index (Phi) is 6.68. The fourth-order valence-corrected chi connectivity index (χ4v) is 2.94. The second-order valence-corrected chi connectivity index (χ2v) is 6.28. The van der Waals surface area contributed by atoms with Gasteiger partial charge >= 0.3 is 0 Å². The van der Waals surface area contributed by atoms with Crippen LogP contribution in [0.4, 0.5) is 0 Å². The predicted octanol–water partition coefficient (Wildman–Crippen LogP) is 3.26. The van der Waals surface area contributed by atoms with E-state index in [1.165, 1.54) is 16.5 Å². The number of ether oxygens (including phenoxy) is 1. The van der Waals surface area contributed by atoms with Crippen LogP contribution in [0.5, 0.6) is 5.88 Å². The number of nitrogens with one attached hydrogen (secondary N) is 3.